The minimum Gasteiger partial charge on any atom is -0.397 e. The molecule has 0 aliphatic heterocycles. The average Bonchev–Trinajstić information content (AvgIpc) is 2.07. The average molecular weight is 229 g/mol. The summed E-state index contributed by atoms with van der Waals surface area (Å²) in [5.41, 5.74) is 8.64. The smallest absolute Gasteiger partial charge is 0.0549 e. The minimum absolute atomic E-state index is 0.752. The zero-order valence-corrected chi connectivity index (χ0v) is 8.98. The second-order valence-corrected chi connectivity index (χ2v) is 3.64. The number of halogens is 1. The van der Waals surface area contributed by atoms with E-state index in [0.717, 1.165) is 34.3 Å². The van der Waals surface area contributed by atoms with Crippen LogP contribution in [-0.4, -0.2) is 4.98 Å². The van der Waals surface area contributed by atoms with Crippen molar-refractivity contribution in [1.29, 1.82) is 0 Å². The van der Waals surface area contributed by atoms with E-state index in [0.29, 0.717) is 0 Å². The first-order chi connectivity index (χ1) is 5.66. The van der Waals surface area contributed by atoms with E-state index in [-0.39, 0.29) is 0 Å². The molecule has 0 bridgehead atoms. The van der Waals surface area contributed by atoms with Gasteiger partial charge in [-0.05, 0) is 34.8 Å². The summed E-state index contributed by atoms with van der Waals surface area (Å²) in [5, 5.41) is 0. The molecule has 3 heteroatoms. The van der Waals surface area contributed by atoms with Gasteiger partial charge in [-0.3, -0.25) is 4.98 Å². The lowest BCUT2D eigenvalue weighted by atomic mass is 10.1. The summed E-state index contributed by atoms with van der Waals surface area (Å²) in [7, 11) is 0. The molecule has 0 saturated carbocycles. The Morgan fingerprint density at radius 3 is 2.83 bits per heavy atom. The minimum atomic E-state index is 0.752. The van der Waals surface area contributed by atoms with Gasteiger partial charge in [0.25, 0.3) is 0 Å². The van der Waals surface area contributed by atoms with Crippen molar-refractivity contribution >= 4 is 21.6 Å². The highest BCUT2D eigenvalue weighted by Crippen LogP contribution is 2.24. The molecule has 0 amide bonds. The van der Waals surface area contributed by atoms with Crippen LogP contribution in [0.2, 0.25) is 0 Å². The first-order valence-electron chi connectivity index (χ1n) is 4.06. The summed E-state index contributed by atoms with van der Waals surface area (Å²) >= 11 is 3.49. The van der Waals surface area contributed by atoms with Gasteiger partial charge in [0, 0.05) is 4.47 Å². The van der Waals surface area contributed by atoms with Crippen molar-refractivity contribution in [3.63, 3.8) is 0 Å². The number of anilines is 1. The molecule has 0 radical (unpaired) electrons. The molecule has 2 nitrogen and oxygen atoms in total. The maximum atomic E-state index is 5.69. The Morgan fingerprint density at radius 1 is 1.58 bits per heavy atom. The van der Waals surface area contributed by atoms with Gasteiger partial charge in [0.2, 0.25) is 0 Å². The van der Waals surface area contributed by atoms with Crippen LogP contribution >= 0.6 is 15.9 Å². The molecule has 2 N–H and O–H groups in total. The van der Waals surface area contributed by atoms with Crippen molar-refractivity contribution in [2.75, 3.05) is 5.73 Å². The highest BCUT2D eigenvalue weighted by molar-refractivity contribution is 9.10. The fourth-order valence-corrected chi connectivity index (χ4v) is 1.58. The summed E-state index contributed by atoms with van der Waals surface area (Å²) in [6, 6.07) is 0. The van der Waals surface area contributed by atoms with Gasteiger partial charge < -0.3 is 5.73 Å². The van der Waals surface area contributed by atoms with Gasteiger partial charge in [-0.25, -0.2) is 0 Å². The SMILES string of the molecule is CCCc1ncc(N)c(C)c1Br. The largest absolute Gasteiger partial charge is 0.397 e. The molecule has 0 spiro atoms. The molecule has 1 aromatic rings. The lowest BCUT2D eigenvalue weighted by molar-refractivity contribution is 0.874. The third kappa shape index (κ3) is 1.78. The first kappa shape index (κ1) is 9.52. The number of rotatable bonds is 2. The summed E-state index contributed by atoms with van der Waals surface area (Å²) in [6.07, 6.45) is 3.84. The fraction of sp³-hybridized carbons (Fsp3) is 0.444. The van der Waals surface area contributed by atoms with E-state index in [9.17, 15) is 0 Å². The van der Waals surface area contributed by atoms with Crippen LogP contribution < -0.4 is 5.73 Å². The van der Waals surface area contributed by atoms with Crippen molar-refractivity contribution in [2.45, 2.75) is 26.7 Å². The Bertz CT molecular complexity index is 284. The number of hydrogen-bond donors (Lipinski definition) is 1. The Morgan fingerprint density at radius 2 is 2.25 bits per heavy atom. The van der Waals surface area contributed by atoms with Crippen LogP contribution in [0.15, 0.2) is 10.7 Å². The molecule has 0 aliphatic carbocycles. The third-order valence-electron chi connectivity index (χ3n) is 1.86. The number of aryl methyl sites for hydroxylation is 1. The maximum absolute atomic E-state index is 5.69. The van der Waals surface area contributed by atoms with E-state index in [2.05, 4.69) is 27.8 Å². The molecule has 66 valence electrons. The van der Waals surface area contributed by atoms with Crippen molar-refractivity contribution in [3.05, 3.63) is 21.9 Å². The lowest BCUT2D eigenvalue weighted by Crippen LogP contribution is -1.98. The van der Waals surface area contributed by atoms with Crippen LogP contribution in [0.3, 0.4) is 0 Å². The molecule has 1 rings (SSSR count). The highest BCUT2D eigenvalue weighted by Gasteiger charge is 2.05. The second-order valence-electron chi connectivity index (χ2n) is 2.85. The number of pyridine rings is 1. The van der Waals surface area contributed by atoms with Crippen LogP contribution in [0.5, 0.6) is 0 Å². The summed E-state index contributed by atoms with van der Waals surface area (Å²) < 4.78 is 1.06. The van der Waals surface area contributed by atoms with Crippen molar-refractivity contribution in [3.8, 4) is 0 Å². The van der Waals surface area contributed by atoms with Gasteiger partial charge in [-0.2, -0.15) is 0 Å². The molecule has 0 saturated heterocycles. The zero-order valence-electron chi connectivity index (χ0n) is 7.39. The van der Waals surface area contributed by atoms with E-state index >= 15 is 0 Å². The van der Waals surface area contributed by atoms with Gasteiger partial charge >= 0.3 is 0 Å². The number of nitrogens with two attached hydrogens (primary N) is 1. The Hall–Kier alpha value is -0.570. The molecular weight excluding hydrogens is 216 g/mol. The van der Waals surface area contributed by atoms with Crippen LogP contribution in [-0.2, 0) is 6.42 Å². The third-order valence-corrected chi connectivity index (χ3v) is 2.91. The maximum Gasteiger partial charge on any atom is 0.0549 e. The normalized spacial score (nSPS) is 10.2. The fourth-order valence-electron chi connectivity index (χ4n) is 1.06. The van der Waals surface area contributed by atoms with Crippen LogP contribution in [0.1, 0.15) is 24.6 Å². The molecular formula is C9H13BrN2. The number of nitrogen functional groups attached to an aromatic ring is 1. The Balaban J connectivity index is 3.08. The van der Waals surface area contributed by atoms with Crippen LogP contribution in [0.4, 0.5) is 5.69 Å². The standard InChI is InChI=1S/C9H13BrN2/c1-3-4-8-9(10)6(2)7(11)5-12-8/h5H,3-4,11H2,1-2H3. The molecule has 0 fully saturated rings. The monoisotopic (exact) mass is 228 g/mol. The van der Waals surface area contributed by atoms with E-state index in [1.54, 1.807) is 6.20 Å². The van der Waals surface area contributed by atoms with Crippen molar-refractivity contribution in [1.82, 2.24) is 4.98 Å². The van der Waals surface area contributed by atoms with Gasteiger partial charge in [0.05, 0.1) is 17.6 Å². The van der Waals surface area contributed by atoms with Gasteiger partial charge in [0.15, 0.2) is 0 Å². The Labute approximate surface area is 81.3 Å². The zero-order chi connectivity index (χ0) is 9.14. The number of hydrogen-bond acceptors (Lipinski definition) is 2. The van der Waals surface area contributed by atoms with Gasteiger partial charge in [-0.15, -0.1) is 0 Å². The topological polar surface area (TPSA) is 38.9 Å². The number of nitrogens with zero attached hydrogens (tertiary/aromatic N) is 1. The van der Waals surface area contributed by atoms with E-state index < -0.39 is 0 Å². The Kier molecular flexibility index (Phi) is 3.09. The highest BCUT2D eigenvalue weighted by atomic mass is 79.9. The van der Waals surface area contributed by atoms with E-state index in [4.69, 9.17) is 5.73 Å². The molecule has 1 aromatic heterocycles. The van der Waals surface area contributed by atoms with Crippen molar-refractivity contribution in [2.24, 2.45) is 0 Å². The molecule has 0 atom stereocenters. The summed E-state index contributed by atoms with van der Waals surface area (Å²) in [5.74, 6) is 0. The lowest BCUT2D eigenvalue weighted by Gasteiger charge is -2.06. The van der Waals surface area contributed by atoms with Crippen LogP contribution in [0.25, 0.3) is 0 Å². The summed E-state index contributed by atoms with van der Waals surface area (Å²) in [6.45, 7) is 4.14. The van der Waals surface area contributed by atoms with Gasteiger partial charge in [0.1, 0.15) is 0 Å². The first-order valence-corrected chi connectivity index (χ1v) is 4.85. The molecule has 0 aliphatic rings. The number of aromatic nitrogens is 1. The molecule has 0 aromatic carbocycles. The molecule has 0 unspecified atom stereocenters. The second kappa shape index (κ2) is 3.90. The summed E-state index contributed by atoms with van der Waals surface area (Å²) in [4.78, 5) is 4.26. The van der Waals surface area contributed by atoms with E-state index in [1.165, 1.54) is 0 Å². The van der Waals surface area contributed by atoms with E-state index in [1.807, 2.05) is 6.92 Å². The molecule has 1 heterocycles. The predicted molar refractivity (Wildman–Crippen MR) is 55.1 cm³/mol. The molecule has 12 heavy (non-hydrogen) atoms. The van der Waals surface area contributed by atoms with Crippen molar-refractivity contribution < 1.29 is 0 Å². The quantitative estimate of drug-likeness (QED) is 0.846. The van der Waals surface area contributed by atoms with Crippen LogP contribution in [0, 0.1) is 6.92 Å². The predicted octanol–water partition coefficient (Wildman–Crippen LogP) is 2.69. The van der Waals surface area contributed by atoms with Gasteiger partial charge in [-0.1, -0.05) is 13.3 Å².